The quantitative estimate of drug-likeness (QED) is 0.729. The van der Waals surface area contributed by atoms with Crippen molar-refractivity contribution in [2.45, 2.75) is 31.8 Å². The van der Waals surface area contributed by atoms with Gasteiger partial charge in [-0.3, -0.25) is 0 Å². The Morgan fingerprint density at radius 1 is 1.08 bits per heavy atom. The highest BCUT2D eigenvalue weighted by atomic mass is 19.1. The maximum Gasteiger partial charge on any atom is 0.315 e. The molecule has 0 heterocycles. The number of benzene rings is 2. The number of halogens is 1. The molecule has 0 aromatic heterocycles. The Morgan fingerprint density at radius 2 is 1.79 bits per heavy atom. The summed E-state index contributed by atoms with van der Waals surface area (Å²) in [7, 11) is 0. The Hall–Kier alpha value is -2.40. The van der Waals surface area contributed by atoms with Gasteiger partial charge >= 0.3 is 6.03 Å². The van der Waals surface area contributed by atoms with Crippen molar-refractivity contribution in [1.82, 2.24) is 10.6 Å². The van der Waals surface area contributed by atoms with E-state index in [1.165, 1.54) is 12.1 Å². The molecule has 2 unspecified atom stereocenters. The molecule has 5 heteroatoms. The average molecular weight is 330 g/mol. The van der Waals surface area contributed by atoms with Gasteiger partial charge in [-0.05, 0) is 36.1 Å². The number of hydrogen-bond donors (Lipinski definition) is 3. The van der Waals surface area contributed by atoms with E-state index in [9.17, 15) is 9.18 Å². The summed E-state index contributed by atoms with van der Waals surface area (Å²) in [5.74, 6) is -0.345. The van der Waals surface area contributed by atoms with Gasteiger partial charge in [0.25, 0.3) is 0 Å². The summed E-state index contributed by atoms with van der Waals surface area (Å²) in [5.41, 5.74) is 1.54. The van der Waals surface area contributed by atoms with Crippen LogP contribution in [0.15, 0.2) is 54.6 Å². The van der Waals surface area contributed by atoms with Crippen LogP contribution in [0.25, 0.3) is 0 Å². The topological polar surface area (TPSA) is 61.4 Å². The number of amides is 2. The highest BCUT2D eigenvalue weighted by Gasteiger charge is 2.18. The molecule has 0 spiro atoms. The van der Waals surface area contributed by atoms with E-state index < -0.39 is 6.04 Å². The molecule has 0 aliphatic heterocycles. The molecule has 0 fully saturated rings. The molecule has 0 saturated carbocycles. The Kier molecular flexibility index (Phi) is 6.75. The maximum atomic E-state index is 13.6. The monoisotopic (exact) mass is 330 g/mol. The smallest absolute Gasteiger partial charge is 0.315 e. The molecule has 128 valence electrons. The zero-order chi connectivity index (χ0) is 17.4. The first-order chi connectivity index (χ1) is 11.6. The third-order valence-electron chi connectivity index (χ3n) is 3.90. The van der Waals surface area contributed by atoms with Crippen LogP contribution in [0, 0.1) is 5.82 Å². The lowest BCUT2D eigenvalue weighted by molar-refractivity contribution is 0.226. The second kappa shape index (κ2) is 9.03. The third kappa shape index (κ3) is 5.06. The molecule has 4 nitrogen and oxygen atoms in total. The Balaban J connectivity index is 2.19. The summed E-state index contributed by atoms with van der Waals surface area (Å²) >= 11 is 0. The van der Waals surface area contributed by atoms with Crippen LogP contribution in [0.2, 0.25) is 0 Å². The van der Waals surface area contributed by atoms with Crippen molar-refractivity contribution in [1.29, 1.82) is 0 Å². The fourth-order valence-electron chi connectivity index (χ4n) is 2.58. The summed E-state index contributed by atoms with van der Waals surface area (Å²) in [5, 5.41) is 14.8. The summed E-state index contributed by atoms with van der Waals surface area (Å²) in [6.07, 6.45) is 1.23. The minimum absolute atomic E-state index is 0.0186. The van der Waals surface area contributed by atoms with Crippen molar-refractivity contribution in [3.63, 3.8) is 0 Å². The Morgan fingerprint density at radius 3 is 2.42 bits per heavy atom. The van der Waals surface area contributed by atoms with Crippen LogP contribution >= 0.6 is 0 Å². The largest absolute Gasteiger partial charge is 0.396 e. The molecule has 0 radical (unpaired) electrons. The zero-order valence-corrected chi connectivity index (χ0v) is 13.7. The van der Waals surface area contributed by atoms with E-state index in [4.69, 9.17) is 5.11 Å². The number of urea groups is 1. The third-order valence-corrected chi connectivity index (χ3v) is 3.90. The standard InChI is InChI=1S/C19H23FN2O2/c1-2-17(11-12-23)21-19(24)22-18(14-7-4-3-5-8-14)15-9-6-10-16(20)13-15/h3-10,13,17-18,23H,2,11-12H2,1H3,(H2,21,22,24). The van der Waals surface area contributed by atoms with E-state index in [-0.39, 0.29) is 24.5 Å². The van der Waals surface area contributed by atoms with E-state index in [1.807, 2.05) is 37.3 Å². The second-order valence-corrected chi connectivity index (χ2v) is 5.63. The van der Waals surface area contributed by atoms with E-state index in [2.05, 4.69) is 10.6 Å². The molecule has 0 aliphatic rings. The lowest BCUT2D eigenvalue weighted by atomic mass is 9.99. The first kappa shape index (κ1) is 17.9. The predicted molar refractivity (Wildman–Crippen MR) is 92.1 cm³/mol. The van der Waals surface area contributed by atoms with Crippen LogP contribution in [0.5, 0.6) is 0 Å². The van der Waals surface area contributed by atoms with Gasteiger partial charge in [-0.2, -0.15) is 0 Å². The second-order valence-electron chi connectivity index (χ2n) is 5.63. The van der Waals surface area contributed by atoms with E-state index in [0.717, 1.165) is 12.0 Å². The lowest BCUT2D eigenvalue weighted by Gasteiger charge is -2.23. The molecule has 0 saturated heterocycles. The van der Waals surface area contributed by atoms with Gasteiger partial charge in [0.2, 0.25) is 0 Å². The van der Waals surface area contributed by atoms with Crippen molar-refractivity contribution in [3.05, 3.63) is 71.5 Å². The Labute approximate surface area is 141 Å². The molecular formula is C19H23FN2O2. The summed E-state index contributed by atoms with van der Waals surface area (Å²) < 4.78 is 13.6. The molecule has 3 N–H and O–H groups in total. The van der Waals surface area contributed by atoms with Crippen LogP contribution in [-0.2, 0) is 0 Å². The minimum Gasteiger partial charge on any atom is -0.396 e. The van der Waals surface area contributed by atoms with Crippen LogP contribution in [0.4, 0.5) is 9.18 Å². The van der Waals surface area contributed by atoms with E-state index in [1.54, 1.807) is 12.1 Å². The highest BCUT2D eigenvalue weighted by molar-refractivity contribution is 5.75. The number of aliphatic hydroxyl groups is 1. The van der Waals surface area contributed by atoms with Gasteiger partial charge in [0.05, 0.1) is 6.04 Å². The predicted octanol–water partition coefficient (Wildman–Crippen LogP) is 3.38. The van der Waals surface area contributed by atoms with E-state index in [0.29, 0.717) is 12.0 Å². The lowest BCUT2D eigenvalue weighted by Crippen LogP contribution is -2.43. The molecule has 2 rings (SSSR count). The molecule has 2 aromatic rings. The van der Waals surface area contributed by atoms with Gasteiger partial charge in [-0.1, -0.05) is 49.4 Å². The van der Waals surface area contributed by atoms with Crippen LogP contribution < -0.4 is 10.6 Å². The SMILES string of the molecule is CCC(CCO)NC(=O)NC(c1ccccc1)c1cccc(F)c1. The van der Waals surface area contributed by atoms with Gasteiger partial charge in [0, 0.05) is 12.6 Å². The number of rotatable bonds is 7. The normalized spacial score (nSPS) is 13.1. The van der Waals surface area contributed by atoms with Gasteiger partial charge in [-0.25, -0.2) is 9.18 Å². The first-order valence-corrected chi connectivity index (χ1v) is 8.12. The van der Waals surface area contributed by atoms with Crippen LogP contribution in [0.3, 0.4) is 0 Å². The van der Waals surface area contributed by atoms with E-state index >= 15 is 0 Å². The molecule has 0 bridgehead atoms. The molecule has 24 heavy (non-hydrogen) atoms. The number of nitrogens with one attached hydrogen (secondary N) is 2. The maximum absolute atomic E-state index is 13.6. The summed E-state index contributed by atoms with van der Waals surface area (Å²) in [6, 6.07) is 14.7. The van der Waals surface area contributed by atoms with Gasteiger partial charge in [-0.15, -0.1) is 0 Å². The van der Waals surface area contributed by atoms with Crippen LogP contribution in [0.1, 0.15) is 36.9 Å². The molecule has 2 amide bonds. The molecule has 2 atom stereocenters. The summed E-state index contributed by atoms with van der Waals surface area (Å²) in [6.45, 7) is 1.96. The number of hydrogen-bond acceptors (Lipinski definition) is 2. The van der Waals surface area contributed by atoms with Crippen molar-refractivity contribution in [2.75, 3.05) is 6.61 Å². The summed E-state index contributed by atoms with van der Waals surface area (Å²) in [4.78, 5) is 12.3. The minimum atomic E-state index is -0.450. The number of aliphatic hydroxyl groups excluding tert-OH is 1. The molecule has 2 aromatic carbocycles. The highest BCUT2D eigenvalue weighted by Crippen LogP contribution is 2.22. The zero-order valence-electron chi connectivity index (χ0n) is 13.7. The molecule has 0 aliphatic carbocycles. The fraction of sp³-hybridized carbons (Fsp3) is 0.316. The van der Waals surface area contributed by atoms with Gasteiger partial charge < -0.3 is 15.7 Å². The van der Waals surface area contributed by atoms with Crippen molar-refractivity contribution in [2.24, 2.45) is 0 Å². The number of carbonyl (C=O) groups excluding carboxylic acids is 1. The molecular weight excluding hydrogens is 307 g/mol. The van der Waals surface area contributed by atoms with Crippen molar-refractivity contribution in [3.8, 4) is 0 Å². The van der Waals surface area contributed by atoms with Gasteiger partial charge in [0.1, 0.15) is 5.82 Å². The first-order valence-electron chi connectivity index (χ1n) is 8.12. The number of carbonyl (C=O) groups is 1. The average Bonchev–Trinajstić information content (AvgIpc) is 2.60. The van der Waals surface area contributed by atoms with Crippen molar-refractivity contribution >= 4 is 6.03 Å². The fourth-order valence-corrected chi connectivity index (χ4v) is 2.58. The van der Waals surface area contributed by atoms with Crippen LogP contribution in [-0.4, -0.2) is 23.8 Å². The van der Waals surface area contributed by atoms with Crippen molar-refractivity contribution < 1.29 is 14.3 Å². The Bertz CT molecular complexity index is 649. The van der Waals surface area contributed by atoms with Gasteiger partial charge in [0.15, 0.2) is 0 Å².